The zero-order valence-electron chi connectivity index (χ0n) is 17.6. The predicted octanol–water partition coefficient (Wildman–Crippen LogP) is 3.14. The van der Waals surface area contributed by atoms with E-state index in [0.717, 1.165) is 25.1 Å². The number of carbonyl (C=O) groups is 1. The molecule has 8 heteroatoms. The molecular formula is C23H24FN5O2. The van der Waals surface area contributed by atoms with Gasteiger partial charge in [0.2, 0.25) is 11.7 Å². The number of nitrogens with zero attached hydrogens (tertiary/aromatic N) is 5. The maximum atomic E-state index is 13.3. The molecule has 2 aliphatic rings. The van der Waals surface area contributed by atoms with Gasteiger partial charge in [0, 0.05) is 43.0 Å². The van der Waals surface area contributed by atoms with Gasteiger partial charge in [0.05, 0.1) is 11.5 Å². The van der Waals surface area contributed by atoms with Crippen molar-refractivity contribution in [3.05, 3.63) is 65.6 Å². The highest BCUT2D eigenvalue weighted by Crippen LogP contribution is 2.48. The minimum absolute atomic E-state index is 0.0136. The first-order chi connectivity index (χ1) is 14.9. The molecule has 160 valence electrons. The molecule has 7 nitrogen and oxygen atoms in total. The molecule has 0 unspecified atom stereocenters. The minimum Gasteiger partial charge on any atom is -0.339 e. The van der Waals surface area contributed by atoms with E-state index in [1.807, 2.05) is 17.9 Å². The van der Waals surface area contributed by atoms with Crippen LogP contribution in [-0.2, 0) is 0 Å². The van der Waals surface area contributed by atoms with Gasteiger partial charge in [-0.05, 0) is 62.8 Å². The Morgan fingerprint density at radius 2 is 2.03 bits per heavy atom. The monoisotopic (exact) mass is 421 g/mol. The van der Waals surface area contributed by atoms with Gasteiger partial charge in [0.1, 0.15) is 5.82 Å². The molecule has 0 aliphatic carbocycles. The van der Waals surface area contributed by atoms with Gasteiger partial charge in [-0.3, -0.25) is 9.78 Å². The largest absolute Gasteiger partial charge is 0.339 e. The minimum atomic E-state index is -0.309. The zero-order chi connectivity index (χ0) is 21.6. The van der Waals surface area contributed by atoms with Crippen LogP contribution in [0.3, 0.4) is 0 Å². The Morgan fingerprint density at radius 3 is 2.74 bits per heavy atom. The smallest absolute Gasteiger partial charge is 0.255 e. The van der Waals surface area contributed by atoms with E-state index in [1.165, 1.54) is 12.1 Å². The highest BCUT2D eigenvalue weighted by atomic mass is 19.1. The Labute approximate surface area is 179 Å². The molecule has 31 heavy (non-hydrogen) atoms. The fraction of sp³-hybridized carbons (Fsp3) is 0.391. The van der Waals surface area contributed by atoms with Crippen LogP contribution in [0.5, 0.6) is 0 Å². The van der Waals surface area contributed by atoms with Crippen molar-refractivity contribution in [3.8, 4) is 11.4 Å². The Hall–Kier alpha value is -3.13. The maximum absolute atomic E-state index is 13.3. The fourth-order valence-corrected chi connectivity index (χ4v) is 4.94. The molecule has 0 N–H and O–H groups in total. The molecule has 1 aromatic carbocycles. The second-order valence-corrected chi connectivity index (χ2v) is 8.74. The molecule has 1 spiro atoms. The number of carbonyl (C=O) groups excluding carboxylic acids is 1. The van der Waals surface area contributed by atoms with E-state index >= 15 is 0 Å². The molecule has 2 atom stereocenters. The molecule has 2 saturated heterocycles. The lowest BCUT2D eigenvalue weighted by Gasteiger charge is -2.27. The summed E-state index contributed by atoms with van der Waals surface area (Å²) >= 11 is 0. The van der Waals surface area contributed by atoms with Crippen LogP contribution in [-0.4, -0.2) is 64.1 Å². The number of hydrogen-bond acceptors (Lipinski definition) is 6. The number of rotatable bonds is 3. The quantitative estimate of drug-likeness (QED) is 0.647. The van der Waals surface area contributed by atoms with E-state index in [4.69, 9.17) is 4.52 Å². The van der Waals surface area contributed by atoms with E-state index in [1.54, 1.807) is 24.5 Å². The summed E-state index contributed by atoms with van der Waals surface area (Å²) in [5.74, 6) is 0.591. The molecule has 0 radical (unpaired) electrons. The third-order valence-corrected chi connectivity index (χ3v) is 6.62. The van der Waals surface area contributed by atoms with E-state index in [-0.39, 0.29) is 23.1 Å². The van der Waals surface area contributed by atoms with Crippen LogP contribution in [0.1, 0.15) is 34.2 Å². The molecule has 2 fully saturated rings. The van der Waals surface area contributed by atoms with Crippen molar-refractivity contribution in [2.45, 2.75) is 19.3 Å². The van der Waals surface area contributed by atoms with Gasteiger partial charge in [-0.2, -0.15) is 4.98 Å². The van der Waals surface area contributed by atoms with E-state index in [9.17, 15) is 9.18 Å². The number of aromatic nitrogens is 3. The van der Waals surface area contributed by atoms with Crippen LogP contribution in [0.4, 0.5) is 4.39 Å². The second kappa shape index (κ2) is 7.53. The standard InChI is InChI=1S/C23H24FN5O2/c1-15-7-9-25-11-18(15)22(30)29-12-19(23(14-29)8-10-28(2)13-23)21-26-20(27-31-21)16-3-5-17(24)6-4-16/h3-7,9,11,19H,8,10,12-14H2,1-2H3/t19-,23-/m0/s1. The molecule has 0 bridgehead atoms. The SMILES string of the molecule is Cc1ccncc1C(=O)N1C[C@@H](c2nc(-c3ccc(F)cc3)no2)[C@]2(CCN(C)C2)C1. The topological polar surface area (TPSA) is 75.4 Å². The Balaban J connectivity index is 1.46. The average molecular weight is 421 g/mol. The van der Waals surface area contributed by atoms with Crippen LogP contribution in [0.2, 0.25) is 0 Å². The Bertz CT molecular complexity index is 1120. The predicted molar refractivity (Wildman–Crippen MR) is 112 cm³/mol. The second-order valence-electron chi connectivity index (χ2n) is 8.74. The van der Waals surface area contributed by atoms with Crippen LogP contribution in [0.15, 0.2) is 47.2 Å². The van der Waals surface area contributed by atoms with Gasteiger partial charge >= 0.3 is 0 Å². The number of amides is 1. The van der Waals surface area contributed by atoms with Crippen molar-refractivity contribution in [2.24, 2.45) is 5.41 Å². The summed E-state index contributed by atoms with van der Waals surface area (Å²) in [6.45, 7) is 4.91. The number of pyridine rings is 1. The van der Waals surface area contributed by atoms with Crippen LogP contribution in [0, 0.1) is 18.2 Å². The summed E-state index contributed by atoms with van der Waals surface area (Å²) in [7, 11) is 2.10. The summed E-state index contributed by atoms with van der Waals surface area (Å²) < 4.78 is 19.0. The van der Waals surface area contributed by atoms with E-state index < -0.39 is 0 Å². The van der Waals surface area contributed by atoms with Gasteiger partial charge in [0.15, 0.2) is 0 Å². The number of aryl methyl sites for hydroxylation is 1. The summed E-state index contributed by atoms with van der Waals surface area (Å²) in [5.41, 5.74) is 2.11. The van der Waals surface area contributed by atoms with Crippen LogP contribution >= 0.6 is 0 Å². The molecule has 0 saturated carbocycles. The maximum Gasteiger partial charge on any atom is 0.255 e. The van der Waals surface area contributed by atoms with Gasteiger partial charge in [-0.1, -0.05) is 5.16 Å². The number of benzene rings is 1. The van der Waals surface area contributed by atoms with Crippen molar-refractivity contribution in [3.63, 3.8) is 0 Å². The van der Waals surface area contributed by atoms with Gasteiger partial charge in [-0.15, -0.1) is 0 Å². The highest BCUT2D eigenvalue weighted by Gasteiger charge is 2.53. The average Bonchev–Trinajstić information content (AvgIpc) is 3.48. The lowest BCUT2D eigenvalue weighted by atomic mass is 9.77. The first-order valence-electron chi connectivity index (χ1n) is 10.4. The van der Waals surface area contributed by atoms with Crippen LogP contribution < -0.4 is 0 Å². The number of likely N-dealkylation sites (tertiary alicyclic amines) is 2. The number of hydrogen-bond donors (Lipinski definition) is 0. The molecule has 2 aliphatic heterocycles. The van der Waals surface area contributed by atoms with Crippen molar-refractivity contribution in [1.29, 1.82) is 0 Å². The summed E-state index contributed by atoms with van der Waals surface area (Å²) in [6, 6.07) is 7.89. The Kier molecular flexibility index (Phi) is 4.81. The van der Waals surface area contributed by atoms with Crippen LogP contribution in [0.25, 0.3) is 11.4 Å². The van der Waals surface area contributed by atoms with E-state index in [0.29, 0.717) is 35.9 Å². The third kappa shape index (κ3) is 3.50. The molecular weight excluding hydrogens is 397 g/mol. The normalized spacial score (nSPS) is 23.7. The molecule has 2 aromatic heterocycles. The van der Waals surface area contributed by atoms with Gasteiger partial charge in [-0.25, -0.2) is 4.39 Å². The van der Waals surface area contributed by atoms with E-state index in [2.05, 4.69) is 27.1 Å². The molecule has 4 heterocycles. The first kappa shape index (κ1) is 19.8. The lowest BCUT2D eigenvalue weighted by Crippen LogP contribution is -2.34. The summed E-state index contributed by atoms with van der Waals surface area (Å²) in [5, 5.41) is 4.14. The lowest BCUT2D eigenvalue weighted by molar-refractivity contribution is 0.0772. The van der Waals surface area contributed by atoms with Gasteiger partial charge in [0.25, 0.3) is 5.91 Å². The first-order valence-corrected chi connectivity index (χ1v) is 10.4. The summed E-state index contributed by atoms with van der Waals surface area (Å²) in [4.78, 5) is 26.3. The van der Waals surface area contributed by atoms with Crippen molar-refractivity contribution in [1.82, 2.24) is 24.9 Å². The number of halogens is 1. The molecule has 5 rings (SSSR count). The third-order valence-electron chi connectivity index (χ3n) is 6.62. The molecule has 3 aromatic rings. The summed E-state index contributed by atoms with van der Waals surface area (Å²) in [6.07, 6.45) is 4.29. The van der Waals surface area contributed by atoms with Crippen molar-refractivity contribution >= 4 is 5.91 Å². The van der Waals surface area contributed by atoms with Crippen molar-refractivity contribution < 1.29 is 13.7 Å². The zero-order valence-corrected chi connectivity index (χ0v) is 17.6. The van der Waals surface area contributed by atoms with Gasteiger partial charge < -0.3 is 14.3 Å². The fourth-order valence-electron chi connectivity index (χ4n) is 4.94. The Morgan fingerprint density at radius 1 is 1.23 bits per heavy atom. The van der Waals surface area contributed by atoms with Crippen molar-refractivity contribution in [2.75, 3.05) is 33.2 Å². The molecule has 1 amide bonds. The highest BCUT2D eigenvalue weighted by molar-refractivity contribution is 5.95.